The van der Waals surface area contributed by atoms with Gasteiger partial charge in [0.25, 0.3) is 0 Å². The van der Waals surface area contributed by atoms with E-state index >= 15 is 0 Å². The Morgan fingerprint density at radius 2 is 1.57 bits per heavy atom. The number of ether oxygens (including phenoxy) is 1. The van der Waals surface area contributed by atoms with Gasteiger partial charge in [-0.2, -0.15) is 0 Å². The van der Waals surface area contributed by atoms with Crippen molar-refractivity contribution in [3.8, 4) is 11.1 Å². The molecule has 2 aromatic rings. The first kappa shape index (κ1) is 18.1. The van der Waals surface area contributed by atoms with Crippen LogP contribution < -0.4 is 5.32 Å². The normalized spacial score (nSPS) is 30.2. The average Bonchev–Trinajstić information content (AvgIpc) is 2.67. The summed E-state index contributed by atoms with van der Waals surface area (Å²) in [7, 11) is 0. The number of rotatable bonds is 4. The Labute approximate surface area is 171 Å². The third-order valence-electron chi connectivity index (χ3n) is 6.84. The Balaban J connectivity index is 1.26. The second-order valence-corrected chi connectivity index (χ2v) is 9.74. The predicted molar refractivity (Wildman–Crippen MR) is 115 cm³/mol. The van der Waals surface area contributed by atoms with Crippen molar-refractivity contribution in [2.75, 3.05) is 11.6 Å². The first-order chi connectivity index (χ1) is 13.6. The highest BCUT2D eigenvalue weighted by molar-refractivity contribution is 7.98. The highest BCUT2D eigenvalue weighted by Gasteiger charge is 2.53. The van der Waals surface area contributed by atoms with Crippen molar-refractivity contribution >= 4 is 23.5 Å². The zero-order chi connectivity index (χ0) is 19.1. The number of hydrogen-bond donors (Lipinski definition) is 1. The summed E-state index contributed by atoms with van der Waals surface area (Å²) >= 11 is 1.75. The summed E-state index contributed by atoms with van der Waals surface area (Å²) in [5.41, 5.74) is 2.97. The number of anilines is 1. The fourth-order valence-corrected chi connectivity index (χ4v) is 6.73. The zero-order valence-electron chi connectivity index (χ0n) is 16.3. The van der Waals surface area contributed by atoms with Crippen LogP contribution in [0, 0.1) is 17.8 Å². The van der Waals surface area contributed by atoms with E-state index in [1.54, 1.807) is 11.8 Å². The third kappa shape index (κ3) is 3.43. The predicted octanol–water partition coefficient (Wildman–Crippen LogP) is 6.59. The number of thioether (sulfide) groups is 1. The second-order valence-electron chi connectivity index (χ2n) is 8.89. The van der Waals surface area contributed by atoms with Crippen molar-refractivity contribution in [3.63, 3.8) is 0 Å². The van der Waals surface area contributed by atoms with Crippen LogP contribution >= 0.6 is 11.8 Å². The Kier molecular flexibility index (Phi) is 4.62. The molecule has 1 N–H and O–H groups in total. The van der Waals surface area contributed by atoms with Gasteiger partial charge < -0.3 is 4.74 Å². The molecule has 0 atom stereocenters. The van der Waals surface area contributed by atoms with E-state index in [-0.39, 0.29) is 11.7 Å². The zero-order valence-corrected chi connectivity index (χ0v) is 17.1. The minimum absolute atomic E-state index is 0.198. The van der Waals surface area contributed by atoms with Crippen molar-refractivity contribution in [1.29, 1.82) is 0 Å². The van der Waals surface area contributed by atoms with Gasteiger partial charge in [-0.25, -0.2) is 4.79 Å². The van der Waals surface area contributed by atoms with Crippen LogP contribution in [0.15, 0.2) is 53.4 Å². The fourth-order valence-electron chi connectivity index (χ4n) is 6.11. The van der Waals surface area contributed by atoms with Crippen LogP contribution in [-0.4, -0.2) is 18.0 Å². The van der Waals surface area contributed by atoms with Crippen LogP contribution in [0.3, 0.4) is 0 Å². The molecule has 4 saturated carbocycles. The Hall–Kier alpha value is -1.94. The van der Waals surface area contributed by atoms with Gasteiger partial charge in [0.1, 0.15) is 5.60 Å². The van der Waals surface area contributed by atoms with Crippen LogP contribution in [0.25, 0.3) is 11.1 Å². The number of hydrogen-bond acceptors (Lipinski definition) is 3. The van der Waals surface area contributed by atoms with Crippen LogP contribution in [-0.2, 0) is 4.74 Å². The minimum Gasteiger partial charge on any atom is -0.443 e. The van der Waals surface area contributed by atoms with E-state index in [1.807, 2.05) is 12.1 Å². The summed E-state index contributed by atoms with van der Waals surface area (Å²) in [5.74, 6) is 2.32. The van der Waals surface area contributed by atoms with Gasteiger partial charge in [0.05, 0.1) is 0 Å². The van der Waals surface area contributed by atoms with Gasteiger partial charge in [-0.1, -0.05) is 30.3 Å². The quantitative estimate of drug-likeness (QED) is 0.595. The molecule has 0 aliphatic heterocycles. The molecule has 4 aliphatic rings. The molecule has 0 heterocycles. The molecule has 4 aliphatic carbocycles. The van der Waals surface area contributed by atoms with Gasteiger partial charge in [0, 0.05) is 10.6 Å². The van der Waals surface area contributed by atoms with E-state index in [4.69, 9.17) is 4.74 Å². The van der Waals surface area contributed by atoms with Crippen molar-refractivity contribution in [2.24, 2.45) is 17.8 Å². The molecule has 28 heavy (non-hydrogen) atoms. The van der Waals surface area contributed by atoms with Crippen LogP contribution in [0.5, 0.6) is 0 Å². The standard InChI is InChI=1S/C24H27NO2S/c1-28-22-5-3-2-4-21(22)19-6-8-20(9-7-19)25-23(26)27-24-13-16-10-17(14-24)12-18(11-16)15-24/h2-9,16-18H,10-15H2,1H3,(H,25,26). The lowest BCUT2D eigenvalue weighted by atomic mass is 9.54. The van der Waals surface area contributed by atoms with Crippen LogP contribution in [0.2, 0.25) is 0 Å². The van der Waals surface area contributed by atoms with Crippen molar-refractivity contribution in [3.05, 3.63) is 48.5 Å². The lowest BCUT2D eigenvalue weighted by Crippen LogP contribution is -2.53. The van der Waals surface area contributed by atoms with E-state index in [0.29, 0.717) is 0 Å². The molecule has 0 spiro atoms. The van der Waals surface area contributed by atoms with Gasteiger partial charge >= 0.3 is 6.09 Å². The smallest absolute Gasteiger partial charge is 0.412 e. The third-order valence-corrected chi connectivity index (χ3v) is 7.64. The number of amides is 1. The largest absolute Gasteiger partial charge is 0.443 e. The summed E-state index contributed by atoms with van der Waals surface area (Å²) in [6.07, 6.45) is 9.05. The van der Waals surface area contributed by atoms with E-state index in [0.717, 1.165) is 48.3 Å². The molecule has 0 saturated heterocycles. The molecule has 0 aromatic heterocycles. The Bertz CT molecular complexity index is 841. The number of nitrogens with one attached hydrogen (secondary N) is 1. The topological polar surface area (TPSA) is 38.3 Å². The first-order valence-electron chi connectivity index (χ1n) is 10.4. The fraction of sp³-hybridized carbons (Fsp3) is 0.458. The Morgan fingerprint density at radius 1 is 0.964 bits per heavy atom. The van der Waals surface area contributed by atoms with E-state index in [2.05, 4.69) is 48.0 Å². The van der Waals surface area contributed by atoms with Gasteiger partial charge in [0.15, 0.2) is 0 Å². The number of carbonyl (C=O) groups is 1. The van der Waals surface area contributed by atoms with E-state index in [9.17, 15) is 4.79 Å². The van der Waals surface area contributed by atoms with Gasteiger partial charge in [-0.05, 0) is 91.9 Å². The van der Waals surface area contributed by atoms with Crippen LogP contribution in [0.4, 0.5) is 10.5 Å². The molecule has 146 valence electrons. The molecule has 1 amide bonds. The lowest BCUT2D eigenvalue weighted by molar-refractivity contribution is -0.124. The molecule has 4 fully saturated rings. The summed E-state index contributed by atoms with van der Waals surface area (Å²) in [6.45, 7) is 0. The summed E-state index contributed by atoms with van der Waals surface area (Å²) in [5, 5.41) is 2.96. The Morgan fingerprint density at radius 3 is 2.18 bits per heavy atom. The van der Waals surface area contributed by atoms with Gasteiger partial charge in [-0.3, -0.25) is 5.32 Å². The molecular weight excluding hydrogens is 366 g/mol. The molecule has 0 unspecified atom stereocenters. The van der Waals surface area contributed by atoms with Crippen LogP contribution in [0.1, 0.15) is 38.5 Å². The van der Waals surface area contributed by atoms with E-state index < -0.39 is 0 Å². The SMILES string of the molecule is CSc1ccccc1-c1ccc(NC(=O)OC23CC4CC(CC(C4)C2)C3)cc1. The molecule has 4 heteroatoms. The molecule has 4 bridgehead atoms. The highest BCUT2D eigenvalue weighted by atomic mass is 32.2. The molecule has 0 radical (unpaired) electrons. The maximum atomic E-state index is 12.6. The average molecular weight is 394 g/mol. The molecule has 6 rings (SSSR count). The molecule has 3 nitrogen and oxygen atoms in total. The number of benzene rings is 2. The molecular formula is C24H27NO2S. The van der Waals surface area contributed by atoms with Crippen molar-refractivity contribution in [1.82, 2.24) is 0 Å². The monoisotopic (exact) mass is 393 g/mol. The summed E-state index contributed by atoms with van der Waals surface area (Å²) < 4.78 is 6.05. The van der Waals surface area contributed by atoms with Gasteiger partial charge in [-0.15, -0.1) is 11.8 Å². The first-order valence-corrected chi connectivity index (χ1v) is 11.6. The molecule has 2 aromatic carbocycles. The minimum atomic E-state index is -0.292. The summed E-state index contributed by atoms with van der Waals surface area (Å²) in [6, 6.07) is 16.5. The lowest BCUT2D eigenvalue weighted by Gasteiger charge is -2.55. The van der Waals surface area contributed by atoms with Crippen molar-refractivity contribution in [2.45, 2.75) is 49.0 Å². The maximum Gasteiger partial charge on any atom is 0.412 e. The van der Waals surface area contributed by atoms with E-state index in [1.165, 1.54) is 29.7 Å². The maximum absolute atomic E-state index is 12.6. The summed E-state index contributed by atoms with van der Waals surface area (Å²) in [4.78, 5) is 13.9. The van der Waals surface area contributed by atoms with Gasteiger partial charge in [0.2, 0.25) is 0 Å². The highest BCUT2D eigenvalue weighted by Crippen LogP contribution is 2.57. The second kappa shape index (κ2) is 7.14. The number of carbonyl (C=O) groups excluding carboxylic acids is 1. The van der Waals surface area contributed by atoms with Crippen molar-refractivity contribution < 1.29 is 9.53 Å².